The van der Waals surface area contributed by atoms with Crippen LogP contribution < -0.4 is 4.90 Å². The molecule has 0 aliphatic carbocycles. The summed E-state index contributed by atoms with van der Waals surface area (Å²) in [5, 5.41) is 20.6. The summed E-state index contributed by atoms with van der Waals surface area (Å²) in [4.78, 5) is 36.3. The van der Waals surface area contributed by atoms with E-state index in [0.717, 1.165) is 12.0 Å². The van der Waals surface area contributed by atoms with Crippen molar-refractivity contribution >= 4 is 23.3 Å². The Hall–Kier alpha value is -2.52. The Balaban J connectivity index is 3.57. The fraction of sp³-hybridized carbons (Fsp3) is 0.467. The first-order valence-corrected chi connectivity index (χ1v) is 7.12. The van der Waals surface area contributed by atoms with Crippen molar-refractivity contribution in [2.45, 2.75) is 19.4 Å². The fourth-order valence-corrected chi connectivity index (χ4v) is 2.36. The number of methoxy groups -OCH3 is 2. The average molecular weight is 340 g/mol. The van der Waals surface area contributed by atoms with Gasteiger partial charge in [0, 0.05) is 26.2 Å². The number of para-hydroxylation sites is 1. The number of aliphatic hydroxyl groups is 1. The first-order valence-electron chi connectivity index (χ1n) is 7.12. The molecular formula is C15H20N2O7. The number of aliphatic hydroxyl groups excluding tert-OH is 1. The zero-order valence-electron chi connectivity index (χ0n) is 13.7. The van der Waals surface area contributed by atoms with E-state index >= 15 is 0 Å². The summed E-state index contributed by atoms with van der Waals surface area (Å²) in [5.74, 6) is -1.44. The third kappa shape index (κ3) is 4.27. The van der Waals surface area contributed by atoms with E-state index in [1.165, 1.54) is 19.2 Å². The molecule has 0 heterocycles. The first-order chi connectivity index (χ1) is 11.4. The van der Waals surface area contributed by atoms with Gasteiger partial charge < -0.3 is 14.6 Å². The third-order valence-corrected chi connectivity index (χ3v) is 3.38. The average Bonchev–Trinajstić information content (AvgIpc) is 2.54. The number of carbonyl (C=O) groups excluding carboxylic acids is 2. The van der Waals surface area contributed by atoms with Crippen molar-refractivity contribution in [2.75, 3.05) is 32.3 Å². The molecule has 1 aromatic rings. The largest absolute Gasteiger partial charge is 0.467 e. The molecule has 0 unspecified atom stereocenters. The number of aryl methyl sites for hydroxylation is 1. The Morgan fingerprint density at radius 2 is 2.04 bits per heavy atom. The van der Waals surface area contributed by atoms with Crippen LogP contribution in [-0.4, -0.2) is 55.4 Å². The zero-order valence-corrected chi connectivity index (χ0v) is 13.7. The molecule has 24 heavy (non-hydrogen) atoms. The highest BCUT2D eigenvalue weighted by Gasteiger charge is 2.36. The molecular weight excluding hydrogens is 320 g/mol. The normalized spacial score (nSPS) is 11.7. The van der Waals surface area contributed by atoms with Gasteiger partial charge >= 0.3 is 5.97 Å². The summed E-state index contributed by atoms with van der Waals surface area (Å²) >= 11 is 0. The van der Waals surface area contributed by atoms with Gasteiger partial charge in [-0.1, -0.05) is 12.1 Å². The van der Waals surface area contributed by atoms with Crippen molar-refractivity contribution in [1.82, 2.24) is 0 Å². The number of hydrogen-bond acceptors (Lipinski definition) is 7. The van der Waals surface area contributed by atoms with Crippen molar-refractivity contribution < 1.29 is 29.1 Å². The van der Waals surface area contributed by atoms with E-state index in [4.69, 9.17) is 4.74 Å². The van der Waals surface area contributed by atoms with E-state index in [0.29, 0.717) is 5.56 Å². The molecule has 132 valence electrons. The van der Waals surface area contributed by atoms with E-state index in [1.807, 2.05) is 0 Å². The quantitative estimate of drug-likeness (QED) is 0.422. The summed E-state index contributed by atoms with van der Waals surface area (Å²) in [6, 6.07) is 3.10. The highest BCUT2D eigenvalue weighted by molar-refractivity contribution is 6.02. The molecule has 1 rings (SSSR count). The molecule has 1 N–H and O–H groups in total. The molecule has 1 atom stereocenters. The standard InChI is InChI=1S/C15H20N2O7/c1-10-5-4-6-11(17(21)22)14(10)16(13(19)9-23-2)12(7-8-18)15(20)24-3/h4-6,12,18H,7-9H2,1-3H3/t12-/m0/s1. The van der Waals surface area contributed by atoms with Gasteiger partial charge in [0.05, 0.1) is 12.0 Å². The van der Waals surface area contributed by atoms with Gasteiger partial charge in [-0.15, -0.1) is 0 Å². The van der Waals surface area contributed by atoms with Gasteiger partial charge in [0.25, 0.3) is 11.6 Å². The van der Waals surface area contributed by atoms with Crippen LogP contribution in [0.25, 0.3) is 0 Å². The van der Waals surface area contributed by atoms with Crippen LogP contribution in [0.2, 0.25) is 0 Å². The summed E-state index contributed by atoms with van der Waals surface area (Å²) in [7, 11) is 2.43. The van der Waals surface area contributed by atoms with Crippen molar-refractivity contribution in [1.29, 1.82) is 0 Å². The van der Waals surface area contributed by atoms with E-state index in [2.05, 4.69) is 4.74 Å². The fourth-order valence-electron chi connectivity index (χ4n) is 2.36. The maximum atomic E-state index is 12.5. The van der Waals surface area contributed by atoms with Crippen molar-refractivity contribution in [3.8, 4) is 0 Å². The Morgan fingerprint density at radius 1 is 1.38 bits per heavy atom. The predicted octanol–water partition coefficient (Wildman–Crippen LogP) is 0.807. The molecule has 0 aromatic heterocycles. The number of nitro benzene ring substituents is 1. The van der Waals surface area contributed by atoms with Gasteiger partial charge in [-0.25, -0.2) is 4.79 Å². The molecule has 0 radical (unpaired) electrons. The van der Waals surface area contributed by atoms with Crippen molar-refractivity contribution in [3.05, 3.63) is 33.9 Å². The van der Waals surface area contributed by atoms with Crippen LogP contribution in [0.4, 0.5) is 11.4 Å². The molecule has 0 fully saturated rings. The highest BCUT2D eigenvalue weighted by atomic mass is 16.6. The molecule has 0 saturated heterocycles. The van der Waals surface area contributed by atoms with Crippen LogP contribution in [0.3, 0.4) is 0 Å². The molecule has 9 nitrogen and oxygen atoms in total. The number of amides is 1. The minimum atomic E-state index is -1.21. The molecule has 0 saturated carbocycles. The van der Waals surface area contributed by atoms with E-state index < -0.39 is 29.4 Å². The van der Waals surface area contributed by atoms with Gasteiger partial charge in [-0.05, 0) is 12.5 Å². The number of nitro groups is 1. The number of carbonyl (C=O) groups is 2. The summed E-state index contributed by atoms with van der Waals surface area (Å²) in [6.45, 7) is 0.795. The van der Waals surface area contributed by atoms with Gasteiger partial charge in [-0.3, -0.25) is 19.8 Å². The Kier molecular flexibility index (Phi) is 7.28. The topological polar surface area (TPSA) is 119 Å². The minimum absolute atomic E-state index is 0.0200. The molecule has 0 aliphatic rings. The number of rotatable bonds is 8. The number of ether oxygens (including phenoxy) is 2. The molecule has 1 aromatic carbocycles. The first kappa shape index (κ1) is 19.5. The molecule has 0 spiro atoms. The molecule has 9 heteroatoms. The third-order valence-electron chi connectivity index (χ3n) is 3.38. The van der Waals surface area contributed by atoms with E-state index in [1.54, 1.807) is 13.0 Å². The molecule has 1 amide bonds. The Bertz CT molecular complexity index is 618. The summed E-state index contributed by atoms with van der Waals surface area (Å²) in [6.07, 6.45) is -0.131. The second-order valence-corrected chi connectivity index (χ2v) is 4.95. The van der Waals surface area contributed by atoms with Crippen molar-refractivity contribution in [3.63, 3.8) is 0 Å². The number of benzene rings is 1. The Morgan fingerprint density at radius 3 is 2.54 bits per heavy atom. The van der Waals surface area contributed by atoms with Crippen LogP contribution in [0.15, 0.2) is 18.2 Å². The lowest BCUT2D eigenvalue weighted by atomic mass is 10.1. The maximum absolute atomic E-state index is 12.5. The number of esters is 1. The highest BCUT2D eigenvalue weighted by Crippen LogP contribution is 2.34. The Labute approximate surface area is 138 Å². The summed E-state index contributed by atoms with van der Waals surface area (Å²) in [5.41, 5.74) is 0.0835. The SMILES string of the molecule is COCC(=O)N(c1c(C)cccc1[N+](=O)[O-])[C@@H](CCO)C(=O)OC. The molecule has 0 aliphatic heterocycles. The maximum Gasteiger partial charge on any atom is 0.329 e. The summed E-state index contributed by atoms with van der Waals surface area (Å²) < 4.78 is 9.49. The van der Waals surface area contributed by atoms with Crippen molar-refractivity contribution in [2.24, 2.45) is 0 Å². The number of hydrogen-bond donors (Lipinski definition) is 1. The lowest BCUT2D eigenvalue weighted by molar-refractivity contribution is -0.384. The zero-order chi connectivity index (χ0) is 18.3. The van der Waals surface area contributed by atoms with Gasteiger partial charge in [0.15, 0.2) is 0 Å². The van der Waals surface area contributed by atoms with Crippen LogP contribution in [0.5, 0.6) is 0 Å². The predicted molar refractivity (Wildman–Crippen MR) is 84.7 cm³/mol. The van der Waals surface area contributed by atoms with Gasteiger partial charge in [0.2, 0.25) is 0 Å². The lowest BCUT2D eigenvalue weighted by Crippen LogP contribution is -2.48. The van der Waals surface area contributed by atoms with Crippen LogP contribution in [0.1, 0.15) is 12.0 Å². The van der Waals surface area contributed by atoms with Crippen LogP contribution in [0, 0.1) is 17.0 Å². The minimum Gasteiger partial charge on any atom is -0.467 e. The molecule has 0 bridgehead atoms. The van der Waals surface area contributed by atoms with Crippen LogP contribution in [-0.2, 0) is 19.1 Å². The number of nitrogens with zero attached hydrogens (tertiary/aromatic N) is 2. The number of anilines is 1. The van der Waals surface area contributed by atoms with E-state index in [-0.39, 0.29) is 24.4 Å². The van der Waals surface area contributed by atoms with Gasteiger partial charge in [0.1, 0.15) is 18.3 Å². The van der Waals surface area contributed by atoms with E-state index in [9.17, 15) is 24.8 Å². The second kappa shape index (κ2) is 8.94. The monoisotopic (exact) mass is 340 g/mol. The smallest absolute Gasteiger partial charge is 0.329 e. The lowest BCUT2D eigenvalue weighted by Gasteiger charge is -2.30. The second-order valence-electron chi connectivity index (χ2n) is 4.95. The van der Waals surface area contributed by atoms with Gasteiger partial charge in [-0.2, -0.15) is 0 Å². The van der Waals surface area contributed by atoms with Crippen LogP contribution >= 0.6 is 0 Å².